The van der Waals surface area contributed by atoms with Crippen molar-refractivity contribution in [1.82, 2.24) is 0 Å². The van der Waals surface area contributed by atoms with E-state index in [1.54, 1.807) is 7.11 Å². The second-order valence-corrected chi connectivity index (χ2v) is 3.41. The third kappa shape index (κ3) is 1.15. The molecule has 1 aliphatic heterocycles. The summed E-state index contributed by atoms with van der Waals surface area (Å²) in [5.41, 5.74) is -0.306. The third-order valence-corrected chi connectivity index (χ3v) is 2.68. The molecule has 3 heteroatoms. The molecule has 0 aromatic rings. The maximum absolute atomic E-state index is 8.75. The van der Waals surface area contributed by atoms with Crippen LogP contribution in [0.1, 0.15) is 12.8 Å². The molecule has 2 atom stereocenters. The van der Waals surface area contributed by atoms with Crippen molar-refractivity contribution in [3.63, 3.8) is 0 Å². The number of methoxy groups -OCH3 is 1. The van der Waals surface area contributed by atoms with Crippen molar-refractivity contribution in [2.45, 2.75) is 24.2 Å². The Balaban J connectivity index is 2.09. The molecule has 0 aromatic carbocycles. The van der Waals surface area contributed by atoms with E-state index in [-0.39, 0.29) is 12.2 Å². The Morgan fingerprint density at radius 2 is 2.15 bits per heavy atom. The van der Waals surface area contributed by atoms with Crippen molar-refractivity contribution in [1.29, 1.82) is 0 Å². The summed E-state index contributed by atoms with van der Waals surface area (Å²) >= 11 is 0. The normalized spacial score (nSPS) is 40.5. The number of hydrogen-bond acceptors (Lipinski definition) is 3. The van der Waals surface area contributed by atoms with E-state index in [9.17, 15) is 0 Å². The predicted octanol–water partition coefficient (Wildman–Crippen LogP) is 0.997. The summed E-state index contributed by atoms with van der Waals surface area (Å²) in [7, 11) is 1.64. The van der Waals surface area contributed by atoms with E-state index in [2.05, 4.69) is 0 Å². The minimum Gasteiger partial charge on any atom is -0.396 e. The minimum absolute atomic E-state index is 0.197. The van der Waals surface area contributed by atoms with E-state index >= 15 is 0 Å². The molecule has 0 amide bonds. The van der Waals surface area contributed by atoms with Gasteiger partial charge in [-0.25, -0.2) is 0 Å². The van der Waals surface area contributed by atoms with Crippen LogP contribution in [0.4, 0.5) is 0 Å². The first-order valence-corrected chi connectivity index (χ1v) is 4.52. The number of allylic oxidation sites excluding steroid dienone is 2. The molecule has 2 rings (SSSR count). The number of aliphatic hydroxyl groups is 1. The number of ether oxygens (including phenoxy) is 2. The highest BCUT2D eigenvalue weighted by atomic mass is 16.8. The summed E-state index contributed by atoms with van der Waals surface area (Å²) in [6.07, 6.45) is 9.35. The standard InChI is InChI=1S/C10H14O3/c1-12-10-7-3-2-5-9(10,13-10)6-4-8-11/h2-3,5,7,11H,4,6,8H2,1H3. The van der Waals surface area contributed by atoms with Gasteiger partial charge in [-0.2, -0.15) is 0 Å². The van der Waals surface area contributed by atoms with Crippen molar-refractivity contribution < 1.29 is 14.6 Å². The van der Waals surface area contributed by atoms with Gasteiger partial charge in [-0.15, -0.1) is 0 Å². The van der Waals surface area contributed by atoms with Gasteiger partial charge >= 0.3 is 0 Å². The van der Waals surface area contributed by atoms with Crippen LogP contribution >= 0.6 is 0 Å². The molecule has 0 spiro atoms. The molecule has 72 valence electrons. The SMILES string of the molecule is COC12C=CC=CC1(CCCO)O2. The van der Waals surface area contributed by atoms with Crippen molar-refractivity contribution in [2.75, 3.05) is 13.7 Å². The Bertz CT molecular complexity index is 259. The highest BCUT2D eigenvalue weighted by Crippen LogP contribution is 2.55. The number of fused-ring (bicyclic) bond motifs is 1. The van der Waals surface area contributed by atoms with Gasteiger partial charge in [-0.05, 0) is 25.0 Å². The van der Waals surface area contributed by atoms with E-state index in [0.717, 1.165) is 12.8 Å². The van der Waals surface area contributed by atoms with Crippen LogP contribution in [-0.4, -0.2) is 30.2 Å². The summed E-state index contributed by atoms with van der Waals surface area (Å²) in [5, 5.41) is 8.75. The van der Waals surface area contributed by atoms with Crippen molar-refractivity contribution in [3.8, 4) is 0 Å². The zero-order valence-corrected chi connectivity index (χ0v) is 7.69. The van der Waals surface area contributed by atoms with Crippen LogP contribution in [0.15, 0.2) is 24.3 Å². The van der Waals surface area contributed by atoms with Crippen LogP contribution in [0.2, 0.25) is 0 Å². The van der Waals surface area contributed by atoms with Gasteiger partial charge in [0.2, 0.25) is 5.79 Å². The lowest BCUT2D eigenvalue weighted by Gasteiger charge is -2.14. The maximum atomic E-state index is 8.75. The largest absolute Gasteiger partial charge is 0.396 e. The van der Waals surface area contributed by atoms with Gasteiger partial charge in [-0.3, -0.25) is 0 Å². The summed E-state index contributed by atoms with van der Waals surface area (Å²) in [6, 6.07) is 0. The fourth-order valence-electron chi connectivity index (χ4n) is 1.90. The zero-order chi connectivity index (χ0) is 9.36. The number of aliphatic hydroxyl groups excluding tert-OH is 1. The molecular weight excluding hydrogens is 168 g/mol. The molecule has 1 aliphatic carbocycles. The third-order valence-electron chi connectivity index (χ3n) is 2.68. The first-order chi connectivity index (χ1) is 6.29. The van der Waals surface area contributed by atoms with Crippen LogP contribution < -0.4 is 0 Å². The average molecular weight is 182 g/mol. The Kier molecular flexibility index (Phi) is 2.02. The maximum Gasteiger partial charge on any atom is 0.222 e. The van der Waals surface area contributed by atoms with Gasteiger partial charge in [0, 0.05) is 13.7 Å². The summed E-state index contributed by atoms with van der Waals surface area (Å²) in [6.45, 7) is 0.197. The number of hydrogen-bond donors (Lipinski definition) is 1. The van der Waals surface area contributed by atoms with Gasteiger partial charge < -0.3 is 14.6 Å². The Hall–Kier alpha value is -0.640. The Labute approximate surface area is 77.7 Å². The van der Waals surface area contributed by atoms with E-state index in [4.69, 9.17) is 14.6 Å². The van der Waals surface area contributed by atoms with Crippen molar-refractivity contribution in [3.05, 3.63) is 24.3 Å². The highest BCUT2D eigenvalue weighted by molar-refractivity contribution is 5.35. The average Bonchev–Trinajstić information content (AvgIpc) is 2.85. The molecular formula is C10H14O3. The molecule has 0 bridgehead atoms. The summed E-state index contributed by atoms with van der Waals surface area (Å²) in [4.78, 5) is 0. The van der Waals surface area contributed by atoms with Gasteiger partial charge in [0.15, 0.2) is 0 Å². The summed E-state index contributed by atoms with van der Waals surface area (Å²) in [5.74, 6) is -0.545. The van der Waals surface area contributed by atoms with Crippen LogP contribution in [0.5, 0.6) is 0 Å². The highest BCUT2D eigenvalue weighted by Gasteiger charge is 2.68. The first kappa shape index (κ1) is 8.94. The molecule has 2 aliphatic rings. The van der Waals surface area contributed by atoms with Gasteiger partial charge in [0.05, 0.1) is 0 Å². The molecule has 1 saturated heterocycles. The van der Waals surface area contributed by atoms with Crippen LogP contribution in [0.25, 0.3) is 0 Å². The molecule has 0 aromatic heterocycles. The molecule has 0 saturated carbocycles. The number of epoxide rings is 1. The Morgan fingerprint density at radius 1 is 1.38 bits per heavy atom. The molecule has 1 N–H and O–H groups in total. The lowest BCUT2D eigenvalue weighted by molar-refractivity contribution is 0.0297. The van der Waals surface area contributed by atoms with Gasteiger partial charge in [0.25, 0.3) is 0 Å². The zero-order valence-electron chi connectivity index (χ0n) is 7.69. The predicted molar refractivity (Wildman–Crippen MR) is 48.2 cm³/mol. The smallest absolute Gasteiger partial charge is 0.222 e. The van der Waals surface area contributed by atoms with Crippen LogP contribution in [0.3, 0.4) is 0 Å². The molecule has 0 radical (unpaired) electrons. The first-order valence-electron chi connectivity index (χ1n) is 4.52. The minimum atomic E-state index is -0.545. The molecule has 13 heavy (non-hydrogen) atoms. The topological polar surface area (TPSA) is 42.0 Å². The van der Waals surface area contributed by atoms with Gasteiger partial charge in [0.1, 0.15) is 5.60 Å². The molecule has 2 unspecified atom stereocenters. The van der Waals surface area contributed by atoms with Crippen molar-refractivity contribution >= 4 is 0 Å². The van der Waals surface area contributed by atoms with E-state index in [1.165, 1.54) is 0 Å². The van der Waals surface area contributed by atoms with E-state index in [1.807, 2.05) is 24.3 Å². The van der Waals surface area contributed by atoms with E-state index < -0.39 is 5.79 Å². The molecule has 1 heterocycles. The quantitative estimate of drug-likeness (QED) is 0.659. The Morgan fingerprint density at radius 3 is 2.85 bits per heavy atom. The lowest BCUT2D eigenvalue weighted by Crippen LogP contribution is -2.26. The van der Waals surface area contributed by atoms with Crippen LogP contribution in [0, 0.1) is 0 Å². The van der Waals surface area contributed by atoms with Crippen molar-refractivity contribution in [2.24, 2.45) is 0 Å². The second-order valence-electron chi connectivity index (χ2n) is 3.41. The second kappa shape index (κ2) is 2.94. The molecule has 3 nitrogen and oxygen atoms in total. The van der Waals surface area contributed by atoms with Gasteiger partial charge in [-0.1, -0.05) is 12.2 Å². The summed E-state index contributed by atoms with van der Waals surface area (Å²) < 4.78 is 10.9. The van der Waals surface area contributed by atoms with Crippen LogP contribution in [-0.2, 0) is 9.47 Å². The number of rotatable bonds is 4. The molecule has 1 fully saturated rings. The fourth-order valence-corrected chi connectivity index (χ4v) is 1.90. The monoisotopic (exact) mass is 182 g/mol. The fraction of sp³-hybridized carbons (Fsp3) is 0.600. The van der Waals surface area contributed by atoms with E-state index in [0.29, 0.717) is 0 Å². The lowest BCUT2D eigenvalue weighted by atomic mass is 9.93.